The van der Waals surface area contributed by atoms with E-state index in [-0.39, 0.29) is 0 Å². The molecular formula is C12H19N3O. The van der Waals surface area contributed by atoms with Crippen molar-refractivity contribution >= 4 is 5.82 Å². The SMILES string of the molecule is C=CCNc1cc(OCCC)nc(CC)n1. The zero-order valence-electron chi connectivity index (χ0n) is 9.99. The number of ether oxygens (including phenoxy) is 1. The molecule has 0 radical (unpaired) electrons. The molecule has 0 aliphatic rings. The predicted octanol–water partition coefficient (Wildman–Crippen LogP) is 2.43. The van der Waals surface area contributed by atoms with Crippen LogP contribution in [0.3, 0.4) is 0 Å². The van der Waals surface area contributed by atoms with Gasteiger partial charge in [-0.3, -0.25) is 0 Å². The van der Waals surface area contributed by atoms with Crippen molar-refractivity contribution in [3.05, 3.63) is 24.5 Å². The van der Waals surface area contributed by atoms with Crippen molar-refractivity contribution in [3.63, 3.8) is 0 Å². The fraction of sp³-hybridized carbons (Fsp3) is 0.500. The van der Waals surface area contributed by atoms with Crippen molar-refractivity contribution < 1.29 is 4.74 Å². The van der Waals surface area contributed by atoms with Crippen LogP contribution < -0.4 is 10.1 Å². The molecule has 0 bridgehead atoms. The van der Waals surface area contributed by atoms with E-state index in [1.165, 1.54) is 0 Å². The molecule has 0 saturated carbocycles. The van der Waals surface area contributed by atoms with E-state index in [9.17, 15) is 0 Å². The summed E-state index contributed by atoms with van der Waals surface area (Å²) in [7, 11) is 0. The monoisotopic (exact) mass is 221 g/mol. The van der Waals surface area contributed by atoms with E-state index in [0.29, 0.717) is 19.0 Å². The summed E-state index contributed by atoms with van der Waals surface area (Å²) in [4.78, 5) is 8.65. The van der Waals surface area contributed by atoms with Crippen LogP contribution in [-0.4, -0.2) is 23.1 Å². The Hall–Kier alpha value is -1.58. The van der Waals surface area contributed by atoms with Crippen molar-refractivity contribution in [2.24, 2.45) is 0 Å². The van der Waals surface area contributed by atoms with Gasteiger partial charge in [-0.25, -0.2) is 4.98 Å². The minimum atomic E-state index is 0.639. The highest BCUT2D eigenvalue weighted by molar-refractivity contribution is 5.39. The number of nitrogens with one attached hydrogen (secondary N) is 1. The molecule has 1 rings (SSSR count). The first-order chi connectivity index (χ1) is 7.80. The van der Waals surface area contributed by atoms with Gasteiger partial charge in [-0.1, -0.05) is 19.9 Å². The van der Waals surface area contributed by atoms with Gasteiger partial charge in [0.2, 0.25) is 5.88 Å². The topological polar surface area (TPSA) is 47.0 Å². The third-order valence-electron chi connectivity index (χ3n) is 1.95. The Morgan fingerprint density at radius 1 is 1.44 bits per heavy atom. The Morgan fingerprint density at radius 3 is 2.88 bits per heavy atom. The van der Waals surface area contributed by atoms with Crippen LogP contribution in [0.15, 0.2) is 18.7 Å². The molecule has 16 heavy (non-hydrogen) atoms. The van der Waals surface area contributed by atoms with E-state index in [4.69, 9.17) is 4.74 Å². The molecule has 1 aromatic heterocycles. The molecule has 0 saturated heterocycles. The molecule has 0 spiro atoms. The summed E-state index contributed by atoms with van der Waals surface area (Å²) in [6.45, 7) is 9.11. The molecule has 0 aliphatic carbocycles. The highest BCUT2D eigenvalue weighted by Crippen LogP contribution is 2.14. The van der Waals surface area contributed by atoms with Crippen LogP contribution in [0.5, 0.6) is 5.88 Å². The second-order valence-corrected chi connectivity index (χ2v) is 3.38. The van der Waals surface area contributed by atoms with E-state index in [2.05, 4.69) is 28.8 Å². The highest BCUT2D eigenvalue weighted by atomic mass is 16.5. The number of hydrogen-bond acceptors (Lipinski definition) is 4. The van der Waals surface area contributed by atoms with E-state index < -0.39 is 0 Å². The van der Waals surface area contributed by atoms with Gasteiger partial charge in [0.05, 0.1) is 6.61 Å². The Labute approximate surface area is 96.8 Å². The minimum Gasteiger partial charge on any atom is -0.478 e. The fourth-order valence-electron chi connectivity index (χ4n) is 1.18. The summed E-state index contributed by atoms with van der Waals surface area (Å²) >= 11 is 0. The second kappa shape index (κ2) is 6.82. The Bertz CT molecular complexity index is 339. The average molecular weight is 221 g/mol. The normalized spacial score (nSPS) is 9.88. The average Bonchev–Trinajstić information content (AvgIpc) is 2.33. The first-order valence-corrected chi connectivity index (χ1v) is 5.65. The second-order valence-electron chi connectivity index (χ2n) is 3.38. The number of aryl methyl sites for hydroxylation is 1. The van der Waals surface area contributed by atoms with Crippen molar-refractivity contribution in [1.29, 1.82) is 0 Å². The van der Waals surface area contributed by atoms with Gasteiger partial charge in [-0.05, 0) is 6.42 Å². The molecule has 4 nitrogen and oxygen atoms in total. The van der Waals surface area contributed by atoms with Gasteiger partial charge >= 0.3 is 0 Å². The summed E-state index contributed by atoms with van der Waals surface area (Å²) in [6.07, 6.45) is 3.56. The third kappa shape index (κ3) is 3.88. The summed E-state index contributed by atoms with van der Waals surface area (Å²) in [5.41, 5.74) is 0. The van der Waals surface area contributed by atoms with Crippen molar-refractivity contribution in [2.75, 3.05) is 18.5 Å². The van der Waals surface area contributed by atoms with Crippen LogP contribution in [0.1, 0.15) is 26.1 Å². The van der Waals surface area contributed by atoms with Crippen LogP contribution in [0.25, 0.3) is 0 Å². The van der Waals surface area contributed by atoms with Gasteiger partial charge in [0.25, 0.3) is 0 Å². The van der Waals surface area contributed by atoms with Gasteiger partial charge in [-0.2, -0.15) is 4.98 Å². The minimum absolute atomic E-state index is 0.639. The predicted molar refractivity (Wildman–Crippen MR) is 65.9 cm³/mol. The van der Waals surface area contributed by atoms with Crippen LogP contribution in [0.4, 0.5) is 5.82 Å². The lowest BCUT2D eigenvalue weighted by Crippen LogP contribution is -2.06. The molecule has 0 aliphatic heterocycles. The van der Waals surface area contributed by atoms with Gasteiger partial charge in [0.1, 0.15) is 11.6 Å². The van der Waals surface area contributed by atoms with E-state index in [0.717, 1.165) is 24.5 Å². The van der Waals surface area contributed by atoms with Crippen LogP contribution in [-0.2, 0) is 6.42 Å². The third-order valence-corrected chi connectivity index (χ3v) is 1.95. The fourth-order valence-corrected chi connectivity index (χ4v) is 1.18. The lowest BCUT2D eigenvalue weighted by molar-refractivity contribution is 0.304. The summed E-state index contributed by atoms with van der Waals surface area (Å²) in [5.74, 6) is 2.22. The Morgan fingerprint density at radius 2 is 2.25 bits per heavy atom. The van der Waals surface area contributed by atoms with Crippen LogP contribution in [0, 0.1) is 0 Å². The maximum atomic E-state index is 5.50. The maximum Gasteiger partial charge on any atom is 0.218 e. The quantitative estimate of drug-likeness (QED) is 0.718. The summed E-state index contributed by atoms with van der Waals surface area (Å²) in [6, 6.07) is 1.82. The molecule has 0 unspecified atom stereocenters. The molecule has 1 heterocycles. The lowest BCUT2D eigenvalue weighted by atomic mass is 10.4. The van der Waals surface area contributed by atoms with Gasteiger partial charge < -0.3 is 10.1 Å². The number of nitrogens with zero attached hydrogens (tertiary/aromatic N) is 2. The van der Waals surface area contributed by atoms with Gasteiger partial charge in [-0.15, -0.1) is 6.58 Å². The molecule has 0 fully saturated rings. The maximum absolute atomic E-state index is 5.50. The zero-order valence-corrected chi connectivity index (χ0v) is 9.99. The van der Waals surface area contributed by atoms with Gasteiger partial charge in [0.15, 0.2) is 0 Å². The van der Waals surface area contributed by atoms with E-state index in [1.807, 2.05) is 13.0 Å². The lowest BCUT2D eigenvalue weighted by Gasteiger charge is -2.08. The summed E-state index contributed by atoms with van der Waals surface area (Å²) < 4.78 is 5.50. The first-order valence-electron chi connectivity index (χ1n) is 5.65. The molecule has 1 N–H and O–H groups in total. The van der Waals surface area contributed by atoms with Crippen molar-refractivity contribution in [2.45, 2.75) is 26.7 Å². The van der Waals surface area contributed by atoms with Crippen LogP contribution >= 0.6 is 0 Å². The molecule has 0 aromatic carbocycles. The standard InChI is InChI=1S/C12H19N3O/c1-4-7-13-11-9-12(16-8-5-2)15-10(6-3)14-11/h4,9H,1,5-8H2,2-3H3,(H,13,14,15). The van der Waals surface area contributed by atoms with E-state index in [1.54, 1.807) is 6.08 Å². The number of hydrogen-bond donors (Lipinski definition) is 1. The van der Waals surface area contributed by atoms with Crippen molar-refractivity contribution in [1.82, 2.24) is 9.97 Å². The highest BCUT2D eigenvalue weighted by Gasteiger charge is 2.03. The molecular weight excluding hydrogens is 202 g/mol. The molecule has 1 aromatic rings. The Kier molecular flexibility index (Phi) is 5.32. The number of anilines is 1. The number of rotatable bonds is 7. The molecule has 88 valence electrons. The van der Waals surface area contributed by atoms with Gasteiger partial charge in [0, 0.05) is 19.0 Å². The zero-order chi connectivity index (χ0) is 11.8. The summed E-state index contributed by atoms with van der Waals surface area (Å²) in [5, 5.41) is 3.14. The molecule has 0 amide bonds. The first kappa shape index (κ1) is 12.5. The largest absolute Gasteiger partial charge is 0.478 e. The van der Waals surface area contributed by atoms with Crippen molar-refractivity contribution in [3.8, 4) is 5.88 Å². The smallest absolute Gasteiger partial charge is 0.218 e. The van der Waals surface area contributed by atoms with E-state index >= 15 is 0 Å². The Balaban J connectivity index is 2.78. The van der Waals surface area contributed by atoms with Crippen LogP contribution in [0.2, 0.25) is 0 Å². The molecule has 4 heteroatoms. The number of aromatic nitrogens is 2. The molecule has 0 atom stereocenters.